The molecule has 0 spiro atoms. The molecule has 0 aliphatic rings. The second-order valence-corrected chi connectivity index (χ2v) is 4.78. The van der Waals surface area contributed by atoms with Crippen LogP contribution in [0.25, 0.3) is 0 Å². The van der Waals surface area contributed by atoms with Crippen molar-refractivity contribution in [1.29, 1.82) is 0 Å². The number of rotatable bonds is 6. The van der Waals surface area contributed by atoms with E-state index in [1.54, 1.807) is 18.0 Å². The smallest absolute Gasteiger partial charge is 0.145 e. The molecule has 15 heavy (non-hydrogen) atoms. The lowest BCUT2D eigenvalue weighted by molar-refractivity contribution is -0.119. The van der Waals surface area contributed by atoms with Gasteiger partial charge in [-0.3, -0.25) is 4.79 Å². The Hall–Kier alpha value is -0.700. The van der Waals surface area contributed by atoms with Crippen LogP contribution in [0.15, 0.2) is 16.7 Å². The minimum Gasteiger partial charge on any atom is -0.468 e. The van der Waals surface area contributed by atoms with Crippen molar-refractivity contribution in [2.75, 3.05) is 5.75 Å². The fourth-order valence-electron chi connectivity index (χ4n) is 1.17. The quantitative estimate of drug-likeness (QED) is 0.744. The number of carbonyl (C=O) groups is 1. The normalized spacial score (nSPS) is 12.7. The summed E-state index contributed by atoms with van der Waals surface area (Å²) in [5.74, 6) is 2.90. The first-order valence-corrected chi connectivity index (χ1v) is 6.44. The maximum atomic E-state index is 11.5. The van der Waals surface area contributed by atoms with Gasteiger partial charge in [0.1, 0.15) is 11.5 Å². The van der Waals surface area contributed by atoms with Crippen molar-refractivity contribution in [3.63, 3.8) is 0 Å². The largest absolute Gasteiger partial charge is 0.468 e. The van der Waals surface area contributed by atoms with Gasteiger partial charge in [0.05, 0.1) is 17.8 Å². The molecular weight excluding hydrogens is 208 g/mol. The standard InChI is InChI=1S/C12H18O2S/c1-4-9(2)11(13)7-15-8-12-10(3)5-6-14-12/h5-6,9H,4,7-8H2,1-3H3. The highest BCUT2D eigenvalue weighted by molar-refractivity contribution is 7.99. The van der Waals surface area contributed by atoms with E-state index in [4.69, 9.17) is 4.42 Å². The SMILES string of the molecule is CCC(C)C(=O)CSCc1occc1C. The summed E-state index contributed by atoms with van der Waals surface area (Å²) in [6.07, 6.45) is 2.63. The minimum absolute atomic E-state index is 0.190. The van der Waals surface area contributed by atoms with E-state index < -0.39 is 0 Å². The van der Waals surface area contributed by atoms with Crippen molar-refractivity contribution < 1.29 is 9.21 Å². The molecule has 1 rings (SSSR count). The van der Waals surface area contributed by atoms with Crippen molar-refractivity contribution in [2.24, 2.45) is 5.92 Å². The van der Waals surface area contributed by atoms with Crippen molar-refractivity contribution in [2.45, 2.75) is 32.9 Å². The molecule has 1 heterocycles. The molecule has 0 saturated heterocycles. The summed E-state index contributed by atoms with van der Waals surface area (Å²) in [5.41, 5.74) is 1.17. The summed E-state index contributed by atoms with van der Waals surface area (Å²) in [5, 5.41) is 0. The van der Waals surface area contributed by atoms with Crippen LogP contribution >= 0.6 is 11.8 Å². The number of hydrogen-bond acceptors (Lipinski definition) is 3. The zero-order valence-electron chi connectivity index (χ0n) is 9.58. The van der Waals surface area contributed by atoms with Crippen LogP contribution in [-0.4, -0.2) is 11.5 Å². The van der Waals surface area contributed by atoms with Crippen LogP contribution in [0.3, 0.4) is 0 Å². The summed E-state index contributed by atoms with van der Waals surface area (Å²) in [6.45, 7) is 6.06. The first-order valence-electron chi connectivity index (χ1n) is 5.28. The highest BCUT2D eigenvalue weighted by Crippen LogP contribution is 2.18. The molecule has 1 aromatic rings. The molecule has 0 amide bonds. The number of aryl methyl sites for hydroxylation is 1. The highest BCUT2D eigenvalue weighted by Gasteiger charge is 2.11. The van der Waals surface area contributed by atoms with E-state index in [0.717, 1.165) is 17.9 Å². The highest BCUT2D eigenvalue weighted by atomic mass is 32.2. The van der Waals surface area contributed by atoms with Gasteiger partial charge in [0.25, 0.3) is 0 Å². The molecule has 84 valence electrons. The van der Waals surface area contributed by atoms with Gasteiger partial charge in [-0.05, 0) is 25.0 Å². The summed E-state index contributed by atoms with van der Waals surface area (Å²) in [7, 11) is 0. The van der Waals surface area contributed by atoms with Crippen molar-refractivity contribution >= 4 is 17.5 Å². The molecule has 0 saturated carbocycles. The molecule has 0 aromatic carbocycles. The van der Waals surface area contributed by atoms with Gasteiger partial charge >= 0.3 is 0 Å². The van der Waals surface area contributed by atoms with Gasteiger partial charge in [-0.1, -0.05) is 13.8 Å². The van der Waals surface area contributed by atoms with Crippen molar-refractivity contribution in [3.05, 3.63) is 23.7 Å². The van der Waals surface area contributed by atoms with Crippen molar-refractivity contribution in [1.82, 2.24) is 0 Å². The van der Waals surface area contributed by atoms with Crippen LogP contribution < -0.4 is 0 Å². The Morgan fingerprint density at radius 2 is 2.33 bits per heavy atom. The topological polar surface area (TPSA) is 30.2 Å². The van der Waals surface area contributed by atoms with Crippen LogP contribution in [-0.2, 0) is 10.5 Å². The summed E-state index contributed by atoms with van der Waals surface area (Å²) in [6, 6.07) is 1.95. The third kappa shape index (κ3) is 3.74. The second-order valence-electron chi connectivity index (χ2n) is 3.80. The van der Waals surface area contributed by atoms with E-state index in [-0.39, 0.29) is 5.92 Å². The van der Waals surface area contributed by atoms with Gasteiger partial charge in [0, 0.05) is 5.92 Å². The maximum Gasteiger partial charge on any atom is 0.145 e. The third-order valence-corrected chi connectivity index (χ3v) is 3.56. The van der Waals surface area contributed by atoms with E-state index in [1.807, 2.05) is 26.8 Å². The molecule has 1 unspecified atom stereocenters. The van der Waals surface area contributed by atoms with Gasteiger partial charge in [0.2, 0.25) is 0 Å². The molecule has 0 fully saturated rings. The number of Topliss-reactive ketones (excluding diaryl/α,β-unsaturated/α-hetero) is 1. The van der Waals surface area contributed by atoms with Crippen LogP contribution in [0.1, 0.15) is 31.6 Å². The molecule has 0 aliphatic carbocycles. The van der Waals surface area contributed by atoms with Gasteiger partial charge in [-0.2, -0.15) is 0 Å². The molecule has 3 heteroatoms. The molecule has 1 atom stereocenters. The average Bonchev–Trinajstić information content (AvgIpc) is 2.63. The summed E-state index contributed by atoms with van der Waals surface area (Å²) < 4.78 is 5.30. The monoisotopic (exact) mass is 226 g/mol. The number of thioether (sulfide) groups is 1. The zero-order chi connectivity index (χ0) is 11.3. The molecule has 0 aliphatic heterocycles. The average molecular weight is 226 g/mol. The van der Waals surface area contributed by atoms with Gasteiger partial charge < -0.3 is 4.42 Å². The Labute approximate surface area is 95.4 Å². The molecule has 0 N–H and O–H groups in total. The van der Waals surface area contributed by atoms with Crippen LogP contribution in [0.4, 0.5) is 0 Å². The molecule has 2 nitrogen and oxygen atoms in total. The van der Waals surface area contributed by atoms with E-state index in [1.165, 1.54) is 5.56 Å². The lowest BCUT2D eigenvalue weighted by atomic mass is 10.1. The Bertz CT molecular complexity index is 317. The molecular formula is C12H18O2S. The van der Waals surface area contributed by atoms with Crippen molar-refractivity contribution in [3.8, 4) is 0 Å². The fourth-order valence-corrected chi connectivity index (χ4v) is 2.24. The Balaban J connectivity index is 2.28. The van der Waals surface area contributed by atoms with Gasteiger partial charge in [0.15, 0.2) is 0 Å². The van der Waals surface area contributed by atoms with E-state index >= 15 is 0 Å². The molecule has 0 radical (unpaired) electrons. The van der Waals surface area contributed by atoms with E-state index in [9.17, 15) is 4.79 Å². The van der Waals surface area contributed by atoms with E-state index in [2.05, 4.69) is 0 Å². The zero-order valence-corrected chi connectivity index (χ0v) is 10.4. The predicted octanol–water partition coefficient (Wildman–Crippen LogP) is 3.44. The summed E-state index contributed by atoms with van der Waals surface area (Å²) in [4.78, 5) is 11.5. The Kier molecular flexibility index (Phi) is 4.95. The summed E-state index contributed by atoms with van der Waals surface area (Å²) >= 11 is 1.63. The first-order chi connectivity index (χ1) is 7.15. The number of ketones is 1. The van der Waals surface area contributed by atoms with E-state index in [0.29, 0.717) is 11.5 Å². The maximum absolute atomic E-state index is 11.5. The van der Waals surface area contributed by atoms with Gasteiger partial charge in [-0.15, -0.1) is 11.8 Å². The van der Waals surface area contributed by atoms with Crippen LogP contribution in [0.5, 0.6) is 0 Å². The molecule has 1 aromatic heterocycles. The lowest BCUT2D eigenvalue weighted by Crippen LogP contribution is -2.12. The Morgan fingerprint density at radius 1 is 1.60 bits per heavy atom. The number of furan rings is 1. The number of carbonyl (C=O) groups excluding carboxylic acids is 1. The van der Waals surface area contributed by atoms with Crippen LogP contribution in [0.2, 0.25) is 0 Å². The second kappa shape index (κ2) is 6.01. The number of hydrogen-bond donors (Lipinski definition) is 0. The Morgan fingerprint density at radius 3 is 2.87 bits per heavy atom. The minimum atomic E-state index is 0.190. The third-order valence-electron chi connectivity index (χ3n) is 2.61. The molecule has 0 bridgehead atoms. The fraction of sp³-hybridized carbons (Fsp3) is 0.583. The van der Waals surface area contributed by atoms with Crippen LogP contribution in [0, 0.1) is 12.8 Å². The lowest BCUT2D eigenvalue weighted by Gasteiger charge is -2.06. The van der Waals surface area contributed by atoms with Gasteiger partial charge in [-0.25, -0.2) is 0 Å². The first kappa shape index (κ1) is 12.4. The predicted molar refractivity (Wildman–Crippen MR) is 64.1 cm³/mol.